The highest BCUT2D eigenvalue weighted by atomic mass is 79.9. The van der Waals surface area contributed by atoms with Crippen LogP contribution in [0.1, 0.15) is 12.5 Å². The summed E-state index contributed by atoms with van der Waals surface area (Å²) < 4.78 is 14.4. The van der Waals surface area contributed by atoms with E-state index in [1.165, 1.54) is 11.0 Å². The van der Waals surface area contributed by atoms with Gasteiger partial charge in [0.2, 0.25) is 0 Å². The highest BCUT2D eigenvalue weighted by Crippen LogP contribution is 2.23. The summed E-state index contributed by atoms with van der Waals surface area (Å²) in [7, 11) is 0. The number of benzene rings is 2. The summed E-state index contributed by atoms with van der Waals surface area (Å²) in [6.07, 6.45) is 0.812. The maximum absolute atomic E-state index is 13.4. The standard InChI is InChI=1S/C17H19BrFNS/c1-2-20-15(12-21-16-6-4-3-5-7-16)11-13-10-14(19)8-9-17(13)18/h3-10,15,20H,2,11-12H2,1H3. The quantitative estimate of drug-likeness (QED) is 0.698. The second-order valence-electron chi connectivity index (χ2n) is 4.82. The summed E-state index contributed by atoms with van der Waals surface area (Å²) in [4.78, 5) is 1.26. The van der Waals surface area contributed by atoms with Crippen LogP contribution < -0.4 is 5.32 Å². The predicted octanol–water partition coefficient (Wildman–Crippen LogP) is 4.90. The Morgan fingerprint density at radius 1 is 1.19 bits per heavy atom. The van der Waals surface area contributed by atoms with Crippen LogP contribution in [-0.2, 0) is 6.42 Å². The smallest absolute Gasteiger partial charge is 0.123 e. The Labute approximate surface area is 138 Å². The maximum atomic E-state index is 13.4. The van der Waals surface area contributed by atoms with E-state index in [2.05, 4.69) is 40.3 Å². The lowest BCUT2D eigenvalue weighted by Crippen LogP contribution is -2.33. The zero-order chi connectivity index (χ0) is 15.1. The number of hydrogen-bond acceptors (Lipinski definition) is 2. The number of thioether (sulfide) groups is 1. The number of hydrogen-bond donors (Lipinski definition) is 1. The third-order valence-electron chi connectivity index (χ3n) is 3.16. The molecule has 0 aliphatic rings. The van der Waals surface area contributed by atoms with Crippen LogP contribution in [0.2, 0.25) is 0 Å². The first-order chi connectivity index (χ1) is 10.2. The van der Waals surface area contributed by atoms with E-state index in [1.54, 1.807) is 12.1 Å². The van der Waals surface area contributed by atoms with Crippen LogP contribution in [0.25, 0.3) is 0 Å². The molecule has 2 aromatic carbocycles. The molecule has 2 aromatic rings. The molecule has 112 valence electrons. The summed E-state index contributed by atoms with van der Waals surface area (Å²) in [6.45, 7) is 3.01. The van der Waals surface area contributed by atoms with Gasteiger partial charge in [-0.2, -0.15) is 0 Å². The number of rotatable bonds is 7. The van der Waals surface area contributed by atoms with Gasteiger partial charge in [-0.15, -0.1) is 11.8 Å². The fourth-order valence-electron chi connectivity index (χ4n) is 2.16. The topological polar surface area (TPSA) is 12.0 Å². The van der Waals surface area contributed by atoms with Crippen LogP contribution in [0.15, 0.2) is 57.9 Å². The van der Waals surface area contributed by atoms with Gasteiger partial charge < -0.3 is 5.32 Å². The third-order valence-corrected chi connectivity index (χ3v) is 5.11. The molecular formula is C17H19BrFNS. The molecule has 0 radical (unpaired) electrons. The summed E-state index contributed by atoms with van der Waals surface area (Å²) >= 11 is 5.33. The molecule has 0 aliphatic heterocycles. The normalized spacial score (nSPS) is 12.3. The molecule has 4 heteroatoms. The maximum Gasteiger partial charge on any atom is 0.123 e. The van der Waals surface area contributed by atoms with Gasteiger partial charge in [0.15, 0.2) is 0 Å². The van der Waals surface area contributed by atoms with E-state index in [0.717, 1.165) is 28.8 Å². The van der Waals surface area contributed by atoms with Crippen molar-refractivity contribution in [3.63, 3.8) is 0 Å². The molecular weight excluding hydrogens is 349 g/mol. The summed E-state index contributed by atoms with van der Waals surface area (Å²) in [5, 5.41) is 3.48. The minimum Gasteiger partial charge on any atom is -0.313 e. The van der Waals surface area contributed by atoms with Crippen molar-refractivity contribution >= 4 is 27.7 Å². The summed E-state index contributed by atoms with van der Waals surface area (Å²) in [6, 6.07) is 15.5. The molecule has 2 rings (SSSR count). The Morgan fingerprint density at radius 2 is 1.95 bits per heavy atom. The first-order valence-corrected chi connectivity index (χ1v) is 8.82. The highest BCUT2D eigenvalue weighted by Gasteiger charge is 2.12. The summed E-state index contributed by atoms with van der Waals surface area (Å²) in [5.74, 6) is 0.778. The van der Waals surface area contributed by atoms with Crippen LogP contribution in [0.5, 0.6) is 0 Å². The van der Waals surface area contributed by atoms with E-state index < -0.39 is 0 Å². The Balaban J connectivity index is 2.00. The zero-order valence-corrected chi connectivity index (χ0v) is 14.4. The van der Waals surface area contributed by atoms with Crippen LogP contribution in [0.4, 0.5) is 4.39 Å². The van der Waals surface area contributed by atoms with E-state index in [0.29, 0.717) is 6.04 Å². The Hall–Kier alpha value is -0.840. The number of nitrogens with one attached hydrogen (secondary N) is 1. The largest absolute Gasteiger partial charge is 0.313 e. The fourth-order valence-corrected chi connectivity index (χ4v) is 3.54. The van der Waals surface area contributed by atoms with Crippen molar-refractivity contribution in [3.8, 4) is 0 Å². The molecule has 0 aliphatic carbocycles. The van der Waals surface area contributed by atoms with E-state index in [-0.39, 0.29) is 5.82 Å². The molecule has 0 saturated carbocycles. The van der Waals surface area contributed by atoms with E-state index in [9.17, 15) is 4.39 Å². The number of likely N-dealkylation sites (N-methyl/N-ethyl adjacent to an activating group) is 1. The van der Waals surface area contributed by atoms with Crippen LogP contribution in [0.3, 0.4) is 0 Å². The molecule has 0 amide bonds. The van der Waals surface area contributed by atoms with Gasteiger partial charge in [0, 0.05) is 21.2 Å². The molecule has 1 unspecified atom stereocenters. The lowest BCUT2D eigenvalue weighted by molar-refractivity contribution is 0.567. The van der Waals surface area contributed by atoms with Crippen LogP contribution in [0, 0.1) is 5.82 Å². The van der Waals surface area contributed by atoms with Gasteiger partial charge in [-0.05, 0) is 48.9 Å². The molecule has 0 heterocycles. The van der Waals surface area contributed by atoms with Crippen molar-refractivity contribution in [2.45, 2.75) is 24.3 Å². The SMILES string of the molecule is CCNC(CSc1ccccc1)Cc1cc(F)ccc1Br. The van der Waals surface area contributed by atoms with Crippen LogP contribution >= 0.6 is 27.7 Å². The molecule has 0 aromatic heterocycles. The highest BCUT2D eigenvalue weighted by molar-refractivity contribution is 9.10. The second kappa shape index (κ2) is 8.57. The first-order valence-electron chi connectivity index (χ1n) is 7.04. The predicted molar refractivity (Wildman–Crippen MR) is 92.4 cm³/mol. The lowest BCUT2D eigenvalue weighted by Gasteiger charge is -2.18. The zero-order valence-electron chi connectivity index (χ0n) is 12.0. The van der Waals surface area contributed by atoms with Gasteiger partial charge in [-0.1, -0.05) is 41.1 Å². The van der Waals surface area contributed by atoms with Crippen molar-refractivity contribution in [1.29, 1.82) is 0 Å². The minimum atomic E-state index is -0.181. The molecule has 1 nitrogen and oxygen atoms in total. The molecule has 0 spiro atoms. The first kappa shape index (κ1) is 16.5. The molecule has 0 bridgehead atoms. The average Bonchev–Trinajstić information content (AvgIpc) is 2.50. The van der Waals surface area contributed by atoms with Gasteiger partial charge in [0.25, 0.3) is 0 Å². The Kier molecular flexibility index (Phi) is 6.74. The van der Waals surface area contributed by atoms with Gasteiger partial charge in [0.1, 0.15) is 5.82 Å². The van der Waals surface area contributed by atoms with Gasteiger partial charge in [-0.3, -0.25) is 0 Å². The molecule has 21 heavy (non-hydrogen) atoms. The summed E-state index contributed by atoms with van der Waals surface area (Å²) in [5.41, 5.74) is 1.01. The van der Waals surface area contributed by atoms with Crippen molar-refractivity contribution in [3.05, 3.63) is 64.4 Å². The van der Waals surface area contributed by atoms with Crippen molar-refractivity contribution in [1.82, 2.24) is 5.32 Å². The van der Waals surface area contributed by atoms with E-state index in [1.807, 2.05) is 30.0 Å². The van der Waals surface area contributed by atoms with Crippen molar-refractivity contribution in [2.24, 2.45) is 0 Å². The van der Waals surface area contributed by atoms with Gasteiger partial charge >= 0.3 is 0 Å². The fraction of sp³-hybridized carbons (Fsp3) is 0.294. The van der Waals surface area contributed by atoms with Crippen LogP contribution in [-0.4, -0.2) is 18.3 Å². The molecule has 1 atom stereocenters. The second-order valence-corrected chi connectivity index (χ2v) is 6.77. The molecule has 0 saturated heterocycles. The van der Waals surface area contributed by atoms with E-state index >= 15 is 0 Å². The lowest BCUT2D eigenvalue weighted by atomic mass is 10.1. The Bertz CT molecular complexity index is 562. The monoisotopic (exact) mass is 367 g/mol. The molecule has 1 N–H and O–H groups in total. The Morgan fingerprint density at radius 3 is 2.67 bits per heavy atom. The minimum absolute atomic E-state index is 0.181. The molecule has 0 fully saturated rings. The average molecular weight is 368 g/mol. The van der Waals surface area contributed by atoms with Crippen molar-refractivity contribution in [2.75, 3.05) is 12.3 Å². The van der Waals surface area contributed by atoms with Gasteiger partial charge in [-0.25, -0.2) is 4.39 Å². The third kappa shape index (κ3) is 5.46. The van der Waals surface area contributed by atoms with Crippen molar-refractivity contribution < 1.29 is 4.39 Å². The number of halogens is 2. The van der Waals surface area contributed by atoms with E-state index in [4.69, 9.17) is 0 Å². The van der Waals surface area contributed by atoms with Gasteiger partial charge in [0.05, 0.1) is 0 Å².